The summed E-state index contributed by atoms with van der Waals surface area (Å²) in [6.07, 6.45) is 3.54. The zero-order valence-corrected chi connectivity index (χ0v) is 23.7. The number of ketones is 1. The molecule has 0 aromatic heterocycles. The van der Waals surface area contributed by atoms with Crippen molar-refractivity contribution in [3.8, 4) is 0 Å². The third-order valence-electron chi connectivity index (χ3n) is 7.21. The molecular formula is C33H42N2O4. The van der Waals surface area contributed by atoms with Gasteiger partial charge in [0.1, 0.15) is 11.9 Å². The number of carbonyl (C=O) groups is 2. The molecule has 0 amide bonds. The molecule has 1 saturated heterocycles. The largest absolute Gasteiger partial charge is 0.382 e. The molecular weight excluding hydrogens is 488 g/mol. The zero-order valence-electron chi connectivity index (χ0n) is 23.7. The first-order valence-corrected chi connectivity index (χ1v) is 13.6. The van der Waals surface area contributed by atoms with Crippen molar-refractivity contribution in [1.82, 2.24) is 4.90 Å². The third kappa shape index (κ3) is 8.85. The molecule has 1 aliphatic heterocycles. The first-order chi connectivity index (χ1) is 18.6. The number of morpholine rings is 1. The van der Waals surface area contributed by atoms with Crippen LogP contribution in [0.15, 0.2) is 84.9 Å². The van der Waals surface area contributed by atoms with Crippen molar-refractivity contribution in [1.29, 1.82) is 0 Å². The van der Waals surface area contributed by atoms with Crippen LogP contribution in [0.2, 0.25) is 0 Å². The number of ether oxygens (including phenoxy) is 1. The number of nitrogens with zero attached hydrogens (tertiary/aromatic N) is 2. The second-order valence-electron chi connectivity index (χ2n) is 10.8. The Balaban J connectivity index is 0.000000293. The molecule has 0 aliphatic carbocycles. The lowest BCUT2D eigenvalue weighted by Crippen LogP contribution is -2.48. The standard InChI is InChI=1S/C23H30N2O2.C10H12O2/c1-24(2)23(19-26,18-21-6-4-3-5-7-21)13-12-20-8-10-22(11-9-20)25-14-16-27-17-15-25;1-10(2,12)9(11)8-6-4-3-5-7-8/h3-11,19H,12-18H2,1-2H3;3-7,12H,1-2H3. The van der Waals surface area contributed by atoms with Gasteiger partial charge >= 0.3 is 0 Å². The summed E-state index contributed by atoms with van der Waals surface area (Å²) in [7, 11) is 4.00. The Bertz CT molecular complexity index is 1150. The smallest absolute Gasteiger partial charge is 0.193 e. The number of rotatable bonds is 10. The number of likely N-dealkylation sites (N-methyl/N-ethyl adjacent to an activating group) is 1. The van der Waals surface area contributed by atoms with E-state index in [0.29, 0.717) is 5.56 Å². The molecule has 6 heteroatoms. The van der Waals surface area contributed by atoms with E-state index in [9.17, 15) is 14.7 Å². The number of aliphatic hydroxyl groups is 1. The fourth-order valence-electron chi connectivity index (χ4n) is 4.62. The molecule has 3 aromatic rings. The Morgan fingerprint density at radius 3 is 1.97 bits per heavy atom. The molecule has 39 heavy (non-hydrogen) atoms. The van der Waals surface area contributed by atoms with E-state index in [2.05, 4.69) is 46.2 Å². The van der Waals surface area contributed by atoms with Gasteiger partial charge in [0.2, 0.25) is 0 Å². The Morgan fingerprint density at radius 2 is 1.46 bits per heavy atom. The second-order valence-corrected chi connectivity index (χ2v) is 10.8. The van der Waals surface area contributed by atoms with Crippen LogP contribution >= 0.6 is 0 Å². The van der Waals surface area contributed by atoms with Crippen LogP contribution in [0, 0.1) is 0 Å². The monoisotopic (exact) mass is 530 g/mol. The number of aryl methyl sites for hydroxylation is 1. The molecule has 6 nitrogen and oxygen atoms in total. The molecule has 1 fully saturated rings. The normalized spacial score (nSPS) is 15.2. The van der Waals surface area contributed by atoms with Gasteiger partial charge in [-0.15, -0.1) is 0 Å². The summed E-state index contributed by atoms with van der Waals surface area (Å²) in [6, 6.07) is 27.8. The van der Waals surface area contributed by atoms with Gasteiger partial charge in [0, 0.05) is 24.3 Å². The van der Waals surface area contributed by atoms with Gasteiger partial charge < -0.3 is 19.5 Å². The molecule has 0 radical (unpaired) electrons. The number of Topliss-reactive ketones (excluding diaryl/α,β-unsaturated/α-hetero) is 1. The van der Waals surface area contributed by atoms with Gasteiger partial charge in [-0.25, -0.2) is 0 Å². The number of aldehydes is 1. The maximum absolute atomic E-state index is 12.1. The quantitative estimate of drug-likeness (QED) is 0.299. The first kappa shape index (κ1) is 30.2. The Kier molecular flexibility index (Phi) is 11.0. The highest BCUT2D eigenvalue weighted by atomic mass is 16.5. The molecule has 0 saturated carbocycles. The van der Waals surface area contributed by atoms with E-state index in [1.807, 2.05) is 38.4 Å². The predicted octanol–water partition coefficient (Wildman–Crippen LogP) is 4.84. The zero-order chi connectivity index (χ0) is 28.3. The average Bonchev–Trinajstić information content (AvgIpc) is 2.96. The van der Waals surface area contributed by atoms with Gasteiger partial charge in [0.25, 0.3) is 0 Å². The molecule has 1 heterocycles. The minimum absolute atomic E-state index is 0.247. The third-order valence-corrected chi connectivity index (χ3v) is 7.21. The van der Waals surface area contributed by atoms with Gasteiger partial charge in [-0.2, -0.15) is 0 Å². The van der Waals surface area contributed by atoms with Crippen molar-refractivity contribution in [2.75, 3.05) is 45.3 Å². The highest BCUT2D eigenvalue weighted by Gasteiger charge is 2.32. The van der Waals surface area contributed by atoms with Crippen LogP contribution in [-0.4, -0.2) is 73.6 Å². The Morgan fingerprint density at radius 1 is 0.897 bits per heavy atom. The summed E-state index contributed by atoms with van der Waals surface area (Å²) in [5.74, 6) is -0.247. The number of hydrogen-bond acceptors (Lipinski definition) is 6. The Labute approximate surface area is 233 Å². The summed E-state index contributed by atoms with van der Waals surface area (Å²) >= 11 is 0. The van der Waals surface area contributed by atoms with Crippen molar-refractivity contribution in [3.05, 3.63) is 102 Å². The highest BCUT2D eigenvalue weighted by molar-refractivity contribution is 6.01. The average molecular weight is 531 g/mol. The van der Waals surface area contributed by atoms with Crippen LogP contribution in [-0.2, 0) is 22.4 Å². The summed E-state index contributed by atoms with van der Waals surface area (Å²) in [5, 5.41) is 9.39. The lowest BCUT2D eigenvalue weighted by Gasteiger charge is -2.35. The highest BCUT2D eigenvalue weighted by Crippen LogP contribution is 2.25. The molecule has 1 N–H and O–H groups in total. The maximum Gasteiger partial charge on any atom is 0.193 e. The van der Waals surface area contributed by atoms with Gasteiger partial charge in [-0.05, 0) is 70.5 Å². The predicted molar refractivity (Wildman–Crippen MR) is 157 cm³/mol. The van der Waals surface area contributed by atoms with Crippen molar-refractivity contribution in [2.24, 2.45) is 0 Å². The van der Waals surface area contributed by atoms with Crippen LogP contribution in [0.25, 0.3) is 0 Å². The van der Waals surface area contributed by atoms with Crippen molar-refractivity contribution >= 4 is 17.8 Å². The van der Waals surface area contributed by atoms with E-state index >= 15 is 0 Å². The van der Waals surface area contributed by atoms with Crippen molar-refractivity contribution in [2.45, 2.75) is 44.2 Å². The molecule has 208 valence electrons. The van der Waals surface area contributed by atoms with Crippen LogP contribution in [0.4, 0.5) is 5.69 Å². The fraction of sp³-hybridized carbons (Fsp3) is 0.394. The molecule has 0 spiro atoms. The molecule has 1 unspecified atom stereocenters. The number of carbonyl (C=O) groups excluding carboxylic acids is 2. The van der Waals surface area contributed by atoms with Crippen LogP contribution < -0.4 is 4.90 Å². The molecule has 1 atom stereocenters. The van der Waals surface area contributed by atoms with Crippen LogP contribution in [0.5, 0.6) is 0 Å². The van der Waals surface area contributed by atoms with Crippen LogP contribution in [0.3, 0.4) is 0 Å². The van der Waals surface area contributed by atoms with E-state index in [0.717, 1.165) is 51.9 Å². The lowest BCUT2D eigenvalue weighted by molar-refractivity contribution is -0.117. The van der Waals surface area contributed by atoms with Crippen LogP contribution in [0.1, 0.15) is 41.8 Å². The van der Waals surface area contributed by atoms with E-state index in [-0.39, 0.29) is 5.78 Å². The summed E-state index contributed by atoms with van der Waals surface area (Å²) < 4.78 is 5.43. The fourth-order valence-corrected chi connectivity index (χ4v) is 4.62. The van der Waals surface area contributed by atoms with E-state index in [1.54, 1.807) is 24.3 Å². The lowest BCUT2D eigenvalue weighted by atomic mass is 9.85. The minimum Gasteiger partial charge on any atom is -0.382 e. The summed E-state index contributed by atoms with van der Waals surface area (Å²) in [4.78, 5) is 27.9. The molecule has 1 aliphatic rings. The van der Waals surface area contributed by atoms with Gasteiger partial charge in [-0.3, -0.25) is 9.69 Å². The molecule has 3 aromatic carbocycles. The minimum atomic E-state index is -1.28. The number of anilines is 1. The topological polar surface area (TPSA) is 70.1 Å². The van der Waals surface area contributed by atoms with E-state index in [1.165, 1.54) is 30.7 Å². The summed E-state index contributed by atoms with van der Waals surface area (Å²) in [5.41, 5.74) is 2.51. The molecule has 4 rings (SSSR count). The van der Waals surface area contributed by atoms with Crippen molar-refractivity contribution in [3.63, 3.8) is 0 Å². The van der Waals surface area contributed by atoms with Gasteiger partial charge in [0.05, 0.1) is 18.8 Å². The Hall–Kier alpha value is -3.32. The number of benzene rings is 3. The van der Waals surface area contributed by atoms with Crippen molar-refractivity contribution < 1.29 is 19.4 Å². The van der Waals surface area contributed by atoms with Gasteiger partial charge in [-0.1, -0.05) is 72.8 Å². The maximum atomic E-state index is 12.1. The number of hydrogen-bond donors (Lipinski definition) is 1. The van der Waals surface area contributed by atoms with Gasteiger partial charge in [0.15, 0.2) is 5.78 Å². The summed E-state index contributed by atoms with van der Waals surface area (Å²) in [6.45, 7) is 6.47. The van der Waals surface area contributed by atoms with E-state index < -0.39 is 11.1 Å². The first-order valence-electron chi connectivity index (χ1n) is 13.6. The molecule has 0 bridgehead atoms. The SMILES string of the molecule is CC(C)(O)C(=O)c1ccccc1.CN(C)C(C=O)(CCc1ccc(N2CCOCC2)cc1)Cc1ccccc1. The second kappa shape index (κ2) is 14.2. The van der Waals surface area contributed by atoms with E-state index in [4.69, 9.17) is 4.74 Å².